The molecule has 5 rings (SSSR count). The van der Waals surface area contributed by atoms with Gasteiger partial charge in [-0.05, 0) is 119 Å². The van der Waals surface area contributed by atoms with E-state index in [1.54, 1.807) is 44.5 Å². The van der Waals surface area contributed by atoms with Crippen LogP contribution in [0.5, 0.6) is 0 Å². The third-order valence-corrected chi connectivity index (χ3v) is 19.1. The minimum Gasteiger partial charge on any atom is -0.409 e. The number of benzene rings is 1. The quantitative estimate of drug-likeness (QED) is 0.126. The highest BCUT2D eigenvalue weighted by Crippen LogP contribution is 2.49. The van der Waals surface area contributed by atoms with Crippen LogP contribution in [-0.4, -0.2) is 152 Å². The number of oxime groups is 1. The van der Waals surface area contributed by atoms with Crippen molar-refractivity contribution in [3.8, 4) is 0 Å². The Hall–Kier alpha value is -0.946. The second-order valence-electron chi connectivity index (χ2n) is 23.6. The minimum atomic E-state index is -2.21. The Labute approximate surface area is 425 Å². The lowest BCUT2D eigenvalue weighted by Crippen LogP contribution is -2.62. The van der Waals surface area contributed by atoms with Crippen LogP contribution in [0.3, 0.4) is 0 Å². The molecule has 3 fully saturated rings. The summed E-state index contributed by atoms with van der Waals surface area (Å²) in [5.74, 6) is -3.77. The second kappa shape index (κ2) is 23.3. The van der Waals surface area contributed by atoms with Gasteiger partial charge in [-0.15, -0.1) is 0 Å². The number of aliphatic hydroxyl groups is 3. The van der Waals surface area contributed by atoms with Crippen molar-refractivity contribution in [2.45, 2.75) is 233 Å². The molecular formula is C51H90N2O12S2Si2. The minimum absolute atomic E-state index is 0.0610. The summed E-state index contributed by atoms with van der Waals surface area (Å²) >= 11 is 3.13. The molecule has 4 aliphatic rings. The standard InChI is InChI=1S/C51H90N2O12S2Si2/c1-20-35-42(55)32(5)43(61-40-28-51(10,58-13)46(34(7)60-40)65-69(17,18)19)33(6)45(62-47-44(64-68(14,15)16)36(53(11)12)25-30(3)59-47)50(9,57)26-29(2)41(31(4)37(54)27-49(35,8)56)52-63-48-66-38-23-21-22-24-39(38)67-48/h21-24,29-37,40,43-48,54,56-57H,20,25-28H2,1-19H3/b52-41+/t29-,30-,31-,32+,33+,34+,35+,36+,37+,40+,43-,44-,45-,46+,47-,49+,50-,51-/m1/s1. The molecule has 1 aromatic carbocycles. The molecule has 0 bridgehead atoms. The van der Waals surface area contributed by atoms with Crippen molar-refractivity contribution in [1.82, 2.24) is 4.90 Å². The summed E-state index contributed by atoms with van der Waals surface area (Å²) in [5.41, 5.74) is -3.54. The molecule has 18 atom stereocenters. The second-order valence-corrected chi connectivity index (χ2v) is 35.0. The molecule has 1 aromatic rings. The molecule has 18 heteroatoms. The normalized spacial score (nSPS) is 42.1. The fourth-order valence-electron chi connectivity index (χ4n) is 11.2. The van der Waals surface area contributed by atoms with Crippen molar-refractivity contribution in [2.24, 2.45) is 34.7 Å². The number of carbonyl (C=O) groups is 1. The van der Waals surface area contributed by atoms with E-state index in [0.29, 0.717) is 25.0 Å². The number of ketones is 1. The number of hydrogen-bond donors (Lipinski definition) is 3. The van der Waals surface area contributed by atoms with E-state index >= 15 is 4.79 Å². The molecule has 69 heavy (non-hydrogen) atoms. The molecule has 3 aliphatic heterocycles. The summed E-state index contributed by atoms with van der Waals surface area (Å²) in [7, 11) is 1.48. The highest BCUT2D eigenvalue weighted by Gasteiger charge is 2.54. The lowest BCUT2D eigenvalue weighted by atomic mass is 9.69. The summed E-state index contributed by atoms with van der Waals surface area (Å²) in [6.07, 6.45) is -5.02. The third-order valence-electron chi connectivity index (χ3n) is 14.7. The molecule has 2 saturated heterocycles. The Morgan fingerprint density at radius 1 is 0.812 bits per heavy atom. The average Bonchev–Trinajstić information content (AvgIpc) is 3.65. The van der Waals surface area contributed by atoms with Crippen LogP contribution in [0.1, 0.15) is 101 Å². The number of aliphatic hydroxyl groups excluding tert-OH is 1. The number of fused-ring (bicyclic) bond motifs is 1. The van der Waals surface area contributed by atoms with Gasteiger partial charge in [-0.2, -0.15) is 0 Å². The van der Waals surface area contributed by atoms with Crippen molar-refractivity contribution < 1.29 is 57.5 Å². The van der Waals surface area contributed by atoms with Gasteiger partial charge < -0.3 is 57.6 Å². The summed E-state index contributed by atoms with van der Waals surface area (Å²) in [6, 6.07) is 8.04. The van der Waals surface area contributed by atoms with Gasteiger partial charge in [-0.25, -0.2) is 0 Å². The number of nitrogens with zero attached hydrogens (tertiary/aromatic N) is 2. The number of thioether (sulfide) groups is 2. The fraction of sp³-hybridized carbons (Fsp3) is 0.843. The molecule has 1 saturated carbocycles. The summed E-state index contributed by atoms with van der Waals surface area (Å²) in [4.78, 5) is 26.0. The molecule has 0 aromatic heterocycles. The van der Waals surface area contributed by atoms with Gasteiger partial charge in [0.05, 0.1) is 59.1 Å². The van der Waals surface area contributed by atoms with Crippen LogP contribution >= 0.6 is 23.5 Å². The van der Waals surface area contributed by atoms with Gasteiger partial charge in [0, 0.05) is 65.4 Å². The van der Waals surface area contributed by atoms with Gasteiger partial charge in [-0.1, -0.05) is 75.4 Å². The molecule has 3 heterocycles. The number of likely N-dealkylation sites (N-methyl/N-ethyl adjacent to an activating group) is 1. The van der Waals surface area contributed by atoms with E-state index in [0.717, 1.165) is 9.79 Å². The van der Waals surface area contributed by atoms with Crippen LogP contribution < -0.4 is 0 Å². The molecule has 0 radical (unpaired) electrons. The number of ether oxygens (including phenoxy) is 5. The van der Waals surface area contributed by atoms with Gasteiger partial charge >= 0.3 is 0 Å². The van der Waals surface area contributed by atoms with E-state index in [4.69, 9.17) is 42.5 Å². The Balaban J connectivity index is 1.66. The molecule has 14 nitrogen and oxygen atoms in total. The van der Waals surface area contributed by atoms with E-state index in [2.05, 4.69) is 56.3 Å². The molecule has 0 amide bonds. The highest BCUT2D eigenvalue weighted by molar-refractivity contribution is 8.19. The van der Waals surface area contributed by atoms with Crippen molar-refractivity contribution in [1.29, 1.82) is 0 Å². The molecule has 396 valence electrons. The number of carbonyl (C=O) groups excluding carboxylic acids is 1. The van der Waals surface area contributed by atoms with Crippen LogP contribution in [0.25, 0.3) is 0 Å². The van der Waals surface area contributed by atoms with Crippen molar-refractivity contribution in [3.05, 3.63) is 24.3 Å². The first-order chi connectivity index (χ1) is 31.8. The van der Waals surface area contributed by atoms with E-state index in [1.807, 2.05) is 81.6 Å². The van der Waals surface area contributed by atoms with Crippen LogP contribution in [-0.2, 0) is 42.2 Å². The molecule has 0 unspecified atom stereocenters. The topological polar surface area (TPSA) is 167 Å². The lowest BCUT2D eigenvalue weighted by molar-refractivity contribution is -0.314. The van der Waals surface area contributed by atoms with Gasteiger partial charge in [0.25, 0.3) is 0 Å². The van der Waals surface area contributed by atoms with Gasteiger partial charge in [0.15, 0.2) is 29.2 Å². The van der Waals surface area contributed by atoms with Gasteiger partial charge in [-0.3, -0.25) is 4.79 Å². The monoisotopic (exact) mass is 1040 g/mol. The van der Waals surface area contributed by atoms with Crippen LogP contribution in [0.4, 0.5) is 0 Å². The Bertz CT molecular complexity index is 1860. The first-order valence-corrected chi connectivity index (χ1v) is 33.9. The van der Waals surface area contributed by atoms with Crippen LogP contribution in [0.15, 0.2) is 39.2 Å². The summed E-state index contributed by atoms with van der Waals surface area (Å²) in [6.45, 7) is 31.8. The first kappa shape index (κ1) is 58.9. The maximum atomic E-state index is 15.3. The smallest absolute Gasteiger partial charge is 0.227 e. The number of rotatable bonds is 13. The fourth-order valence-corrected chi connectivity index (χ4v) is 15.9. The predicted octanol–water partition coefficient (Wildman–Crippen LogP) is 9.15. The van der Waals surface area contributed by atoms with Crippen molar-refractivity contribution >= 4 is 51.7 Å². The van der Waals surface area contributed by atoms with E-state index < -0.39 is 106 Å². The maximum absolute atomic E-state index is 15.3. The molecule has 1 aliphatic carbocycles. The van der Waals surface area contributed by atoms with Crippen molar-refractivity contribution in [3.63, 3.8) is 0 Å². The zero-order chi connectivity index (χ0) is 51.8. The highest BCUT2D eigenvalue weighted by atomic mass is 32.2. The molecule has 3 N–H and O–H groups in total. The van der Waals surface area contributed by atoms with Crippen molar-refractivity contribution in [2.75, 3.05) is 21.2 Å². The van der Waals surface area contributed by atoms with Crippen LogP contribution in [0.2, 0.25) is 39.3 Å². The SMILES string of the molecule is CC[C@H]1C(=O)[C@H](C)[C@@H](O[C@H]2C[C@@](C)(OC)[C@@H](O[Si](C)(C)C)[C@H](C)O2)[C@H](C)[C@@H](O[C@H]2O[C@H](C)C[C@H](N(C)C)[C@H]2O[Si](C)(C)C)[C@](C)(O)C[C@@H](C)/C(=N\OC2Sc3ccccc3S2)[C@H](C)[C@@H](O)C[C@]1(C)O. The number of hydrogen-bond acceptors (Lipinski definition) is 16. The molecular weight excluding hydrogens is 953 g/mol. The lowest BCUT2D eigenvalue weighted by Gasteiger charge is -2.51. The predicted molar refractivity (Wildman–Crippen MR) is 279 cm³/mol. The zero-order valence-electron chi connectivity index (χ0n) is 45.3. The van der Waals surface area contributed by atoms with Gasteiger partial charge in [0.1, 0.15) is 11.9 Å². The summed E-state index contributed by atoms with van der Waals surface area (Å²) < 4.78 is 47.5. The number of Topliss-reactive ketones (excluding diaryl/α,β-unsaturated/α-hetero) is 1. The Morgan fingerprint density at radius 2 is 1.41 bits per heavy atom. The number of methoxy groups -OCH3 is 1. The third kappa shape index (κ3) is 14.7. The Morgan fingerprint density at radius 3 is 1.94 bits per heavy atom. The maximum Gasteiger partial charge on any atom is 0.227 e. The molecule has 0 spiro atoms. The zero-order valence-corrected chi connectivity index (χ0v) is 48.9. The largest absolute Gasteiger partial charge is 0.409 e. The van der Waals surface area contributed by atoms with Gasteiger partial charge in [0.2, 0.25) is 4.77 Å². The first-order valence-electron chi connectivity index (χ1n) is 25.3. The van der Waals surface area contributed by atoms with Crippen LogP contribution in [0, 0.1) is 29.6 Å². The average molecular weight is 1040 g/mol. The van der Waals surface area contributed by atoms with E-state index in [9.17, 15) is 15.3 Å². The van der Waals surface area contributed by atoms with E-state index in [-0.39, 0.29) is 41.6 Å². The Kier molecular flexibility index (Phi) is 19.9. The summed E-state index contributed by atoms with van der Waals surface area (Å²) in [5, 5.41) is 42.7. The van der Waals surface area contributed by atoms with E-state index in [1.165, 1.54) is 0 Å².